The van der Waals surface area contributed by atoms with Gasteiger partial charge in [0, 0.05) is 59.4 Å². The quantitative estimate of drug-likeness (QED) is 0.467. The first-order valence-corrected chi connectivity index (χ1v) is 11.0. The van der Waals surface area contributed by atoms with E-state index >= 15 is 0 Å². The third kappa shape index (κ3) is 3.27. The Morgan fingerprint density at radius 3 is 2.47 bits per heavy atom. The lowest BCUT2D eigenvalue weighted by Crippen LogP contribution is -1.98. The standard InChI is InChI=1S/C22H16N4O3S/c1-30(27,28)17-8-16(10-23-11-17)18-6-7-25-19-9-21(29-22(18)19)15-4-2-14(3-5-15)20-12-24-13-26-20/h2-13H,1H3,(H,24,26). The van der Waals surface area contributed by atoms with Crippen molar-refractivity contribution >= 4 is 20.9 Å². The van der Waals surface area contributed by atoms with Crippen LogP contribution in [-0.4, -0.2) is 34.6 Å². The second kappa shape index (κ2) is 6.93. The number of nitrogens with zero attached hydrogens (tertiary/aromatic N) is 3. The molecule has 0 aliphatic rings. The van der Waals surface area contributed by atoms with Crippen molar-refractivity contribution in [2.75, 3.05) is 6.26 Å². The number of fused-ring (bicyclic) bond motifs is 1. The topological polar surface area (TPSA) is 102 Å². The van der Waals surface area contributed by atoms with Gasteiger partial charge in [-0.3, -0.25) is 9.97 Å². The lowest BCUT2D eigenvalue weighted by Gasteiger charge is -2.04. The second-order valence-electron chi connectivity index (χ2n) is 6.90. The van der Waals surface area contributed by atoms with E-state index in [1.807, 2.05) is 36.5 Å². The minimum atomic E-state index is -3.36. The molecule has 0 aliphatic heterocycles. The summed E-state index contributed by atoms with van der Waals surface area (Å²) in [6.45, 7) is 0. The average Bonchev–Trinajstić information content (AvgIpc) is 3.43. The number of imidazole rings is 1. The molecule has 0 aliphatic carbocycles. The smallest absolute Gasteiger partial charge is 0.177 e. The van der Waals surface area contributed by atoms with E-state index < -0.39 is 9.84 Å². The maximum atomic E-state index is 11.9. The zero-order chi connectivity index (χ0) is 20.7. The number of sulfone groups is 1. The number of rotatable bonds is 4. The lowest BCUT2D eigenvalue weighted by molar-refractivity contribution is 0.601. The Morgan fingerprint density at radius 1 is 0.933 bits per heavy atom. The van der Waals surface area contributed by atoms with E-state index in [0.29, 0.717) is 22.4 Å². The van der Waals surface area contributed by atoms with Gasteiger partial charge in [0.05, 0.1) is 16.9 Å². The predicted molar refractivity (Wildman–Crippen MR) is 113 cm³/mol. The fraction of sp³-hybridized carbons (Fsp3) is 0.0455. The maximum Gasteiger partial charge on any atom is 0.177 e. The Balaban J connectivity index is 1.58. The summed E-state index contributed by atoms with van der Waals surface area (Å²) in [7, 11) is -3.36. The van der Waals surface area contributed by atoms with Crippen molar-refractivity contribution in [3.05, 3.63) is 73.6 Å². The highest BCUT2D eigenvalue weighted by atomic mass is 32.2. The molecule has 0 saturated carbocycles. The number of pyridine rings is 2. The molecular formula is C22H16N4O3S. The van der Waals surface area contributed by atoms with Crippen LogP contribution in [0, 0.1) is 0 Å². The molecule has 0 amide bonds. The molecule has 30 heavy (non-hydrogen) atoms. The monoisotopic (exact) mass is 416 g/mol. The van der Waals surface area contributed by atoms with E-state index in [0.717, 1.165) is 28.6 Å². The van der Waals surface area contributed by atoms with Crippen LogP contribution in [0.25, 0.3) is 44.8 Å². The average molecular weight is 416 g/mol. The summed E-state index contributed by atoms with van der Waals surface area (Å²) in [5.41, 5.74) is 5.42. The van der Waals surface area contributed by atoms with Crippen LogP contribution < -0.4 is 0 Å². The molecule has 4 aromatic heterocycles. The van der Waals surface area contributed by atoms with Crippen LogP contribution in [0.15, 0.2) is 82.9 Å². The largest absolute Gasteiger partial charge is 0.454 e. The molecular weight excluding hydrogens is 400 g/mol. The predicted octanol–water partition coefficient (Wildman–Crippen LogP) is 4.35. The molecule has 0 saturated heterocycles. The van der Waals surface area contributed by atoms with Crippen LogP contribution in [0.5, 0.6) is 0 Å². The van der Waals surface area contributed by atoms with Crippen molar-refractivity contribution in [3.63, 3.8) is 0 Å². The zero-order valence-corrected chi connectivity index (χ0v) is 16.7. The molecule has 5 aromatic rings. The first kappa shape index (κ1) is 18.3. The summed E-state index contributed by atoms with van der Waals surface area (Å²) < 4.78 is 29.9. The number of aromatic amines is 1. The summed E-state index contributed by atoms with van der Waals surface area (Å²) >= 11 is 0. The summed E-state index contributed by atoms with van der Waals surface area (Å²) in [5, 5.41) is 0. The van der Waals surface area contributed by atoms with E-state index in [9.17, 15) is 8.42 Å². The first-order chi connectivity index (χ1) is 14.5. The Bertz CT molecular complexity index is 1450. The highest BCUT2D eigenvalue weighted by Crippen LogP contribution is 2.34. The number of hydrogen-bond acceptors (Lipinski definition) is 6. The maximum absolute atomic E-state index is 11.9. The minimum Gasteiger partial charge on any atom is -0.454 e. The van der Waals surface area contributed by atoms with E-state index in [1.165, 1.54) is 6.20 Å². The molecule has 5 rings (SSSR count). The highest BCUT2D eigenvalue weighted by Gasteiger charge is 2.15. The van der Waals surface area contributed by atoms with Gasteiger partial charge in [-0.1, -0.05) is 24.3 Å². The number of H-pyrrole nitrogens is 1. The molecule has 1 N–H and O–H groups in total. The molecule has 0 spiro atoms. The van der Waals surface area contributed by atoms with Crippen molar-refractivity contribution in [2.45, 2.75) is 4.90 Å². The van der Waals surface area contributed by atoms with Gasteiger partial charge in [-0.15, -0.1) is 0 Å². The van der Waals surface area contributed by atoms with E-state index in [1.54, 1.807) is 30.9 Å². The summed E-state index contributed by atoms with van der Waals surface area (Å²) in [5.74, 6) is 0.672. The van der Waals surface area contributed by atoms with Crippen LogP contribution >= 0.6 is 0 Å². The molecule has 0 unspecified atom stereocenters. The molecule has 148 valence electrons. The van der Waals surface area contributed by atoms with Gasteiger partial charge < -0.3 is 9.40 Å². The molecule has 0 fully saturated rings. The Labute approximate surface area is 172 Å². The second-order valence-corrected chi connectivity index (χ2v) is 8.91. The van der Waals surface area contributed by atoms with Crippen LogP contribution in [0.2, 0.25) is 0 Å². The number of aromatic nitrogens is 4. The molecule has 1 aromatic carbocycles. The van der Waals surface area contributed by atoms with Crippen LogP contribution in [0.1, 0.15) is 0 Å². The van der Waals surface area contributed by atoms with Crippen molar-refractivity contribution in [3.8, 4) is 33.7 Å². The minimum absolute atomic E-state index is 0.158. The van der Waals surface area contributed by atoms with Crippen molar-refractivity contribution in [2.24, 2.45) is 0 Å². The van der Waals surface area contributed by atoms with E-state index in [4.69, 9.17) is 4.42 Å². The van der Waals surface area contributed by atoms with Crippen LogP contribution in [-0.2, 0) is 9.84 Å². The lowest BCUT2D eigenvalue weighted by atomic mass is 10.1. The van der Waals surface area contributed by atoms with Gasteiger partial charge in [0.1, 0.15) is 11.3 Å². The number of benzene rings is 1. The van der Waals surface area contributed by atoms with Crippen LogP contribution in [0.4, 0.5) is 0 Å². The van der Waals surface area contributed by atoms with Gasteiger partial charge in [0.15, 0.2) is 15.4 Å². The zero-order valence-electron chi connectivity index (χ0n) is 15.9. The van der Waals surface area contributed by atoms with Crippen molar-refractivity contribution < 1.29 is 12.8 Å². The molecule has 7 nitrogen and oxygen atoms in total. The molecule has 0 bridgehead atoms. The van der Waals surface area contributed by atoms with E-state index in [-0.39, 0.29) is 4.90 Å². The fourth-order valence-electron chi connectivity index (χ4n) is 3.30. The molecule has 8 heteroatoms. The Morgan fingerprint density at radius 2 is 1.73 bits per heavy atom. The van der Waals surface area contributed by atoms with Gasteiger partial charge in [-0.05, 0) is 12.1 Å². The third-order valence-electron chi connectivity index (χ3n) is 4.83. The third-order valence-corrected chi connectivity index (χ3v) is 5.91. The van der Waals surface area contributed by atoms with Crippen LogP contribution in [0.3, 0.4) is 0 Å². The molecule has 4 heterocycles. The first-order valence-electron chi connectivity index (χ1n) is 9.13. The van der Waals surface area contributed by atoms with Crippen molar-refractivity contribution in [1.82, 2.24) is 19.9 Å². The Hall–Kier alpha value is -3.78. The van der Waals surface area contributed by atoms with E-state index in [2.05, 4.69) is 19.9 Å². The van der Waals surface area contributed by atoms with Gasteiger partial charge in [-0.2, -0.15) is 0 Å². The molecule has 0 radical (unpaired) electrons. The van der Waals surface area contributed by atoms with Crippen molar-refractivity contribution in [1.29, 1.82) is 0 Å². The SMILES string of the molecule is CS(=O)(=O)c1cncc(-c2ccnc3cc(-c4ccc(-c5c[nH]cn5)cc4)oc23)c1. The van der Waals surface area contributed by atoms with Gasteiger partial charge >= 0.3 is 0 Å². The molecule has 0 atom stereocenters. The highest BCUT2D eigenvalue weighted by molar-refractivity contribution is 7.90. The normalized spacial score (nSPS) is 11.8. The summed E-state index contributed by atoms with van der Waals surface area (Å²) in [6.07, 6.45) is 9.27. The summed E-state index contributed by atoms with van der Waals surface area (Å²) in [6, 6.07) is 13.1. The fourth-order valence-corrected chi connectivity index (χ4v) is 3.89. The van der Waals surface area contributed by atoms with Gasteiger partial charge in [0.25, 0.3) is 0 Å². The Kier molecular flexibility index (Phi) is 4.22. The number of furan rings is 1. The summed E-state index contributed by atoms with van der Waals surface area (Å²) in [4.78, 5) is 15.8. The number of nitrogens with one attached hydrogen (secondary N) is 1. The van der Waals surface area contributed by atoms with Gasteiger partial charge in [0.2, 0.25) is 0 Å². The van der Waals surface area contributed by atoms with Gasteiger partial charge in [-0.25, -0.2) is 13.4 Å². The number of hydrogen-bond donors (Lipinski definition) is 1.